The predicted octanol–water partition coefficient (Wildman–Crippen LogP) is -6.39. The monoisotopic (exact) mass is 622 g/mol. The molecule has 0 rings (SSSR count). The van der Waals surface area contributed by atoms with Crippen molar-refractivity contribution >= 4 is 37.7 Å². The van der Waals surface area contributed by atoms with Gasteiger partial charge in [0.25, 0.3) is 0 Å². The van der Waals surface area contributed by atoms with Crippen molar-refractivity contribution < 1.29 is 80.5 Å². The molecular weight excluding hydrogens is 592 g/mol. The van der Waals surface area contributed by atoms with Crippen LogP contribution in [-0.4, -0.2) is 77.4 Å². The summed E-state index contributed by atoms with van der Waals surface area (Å²) >= 11 is 0. The summed E-state index contributed by atoms with van der Waals surface area (Å²) in [6.07, 6.45) is 4.62. The first-order valence-corrected chi connectivity index (χ1v) is 8.60. The van der Waals surface area contributed by atoms with Gasteiger partial charge in [-0.3, -0.25) is 0 Å². The molecule has 0 bridgehead atoms. The molecule has 12 nitrogen and oxygen atoms in total. The van der Waals surface area contributed by atoms with Gasteiger partial charge in [-0.1, -0.05) is 0 Å². The van der Waals surface area contributed by atoms with E-state index in [1.54, 1.807) is 0 Å². The molecule has 0 saturated heterocycles. The van der Waals surface area contributed by atoms with Crippen LogP contribution in [0.4, 0.5) is 0 Å². The van der Waals surface area contributed by atoms with E-state index < -0.39 is 0 Å². The van der Waals surface area contributed by atoms with Crippen molar-refractivity contribution in [1.82, 2.24) is 0 Å². The molecule has 0 aromatic heterocycles. The quantitative estimate of drug-likeness (QED) is 0.185. The first-order chi connectivity index (χ1) is 14.5. The number of hydrogen-bond donors (Lipinski definition) is 0. The average Bonchev–Trinajstić information content (AvgIpc) is 2.74. The zero-order valence-corrected chi connectivity index (χ0v) is 20.2. The molecule has 0 radical (unpaired) electrons. The third kappa shape index (κ3) is 182. The van der Waals surface area contributed by atoms with E-state index in [1.807, 2.05) is 0 Å². The van der Waals surface area contributed by atoms with E-state index in [0.717, 1.165) is 0 Å². The molecule has 13 heteroatoms. The Hall–Kier alpha value is -1.53. The summed E-state index contributed by atoms with van der Waals surface area (Å²) in [5, 5.41) is 55.8. The second-order valence-corrected chi connectivity index (χ2v) is 3.96. The summed E-state index contributed by atoms with van der Waals surface area (Å²) in [5.74, 6) is 0. The first kappa shape index (κ1) is 47.3. The molecule has 0 amide bonds. The van der Waals surface area contributed by atoms with Gasteiger partial charge in [-0.25, -0.2) is 0 Å². The standard InChI is InChI=1S/6C3H5O2.W/c6*4-2-1-3-5;/h6*2H,1,3H2;/q6*-1;. The van der Waals surface area contributed by atoms with Crippen LogP contribution in [-0.2, 0) is 49.8 Å². The van der Waals surface area contributed by atoms with Crippen molar-refractivity contribution in [2.24, 2.45) is 0 Å². The van der Waals surface area contributed by atoms with Crippen molar-refractivity contribution in [3.05, 3.63) is 0 Å². The topological polar surface area (TPSA) is 241 Å². The number of carbonyl (C=O) groups excluding carboxylic acids is 6. The zero-order valence-electron chi connectivity index (χ0n) is 17.3. The van der Waals surface area contributed by atoms with Crippen LogP contribution in [0.1, 0.15) is 38.5 Å². The van der Waals surface area contributed by atoms with Crippen LogP contribution >= 0.6 is 0 Å². The number of carbonyl (C=O) groups is 6. The maximum absolute atomic E-state index is 9.30. The van der Waals surface area contributed by atoms with E-state index in [9.17, 15) is 59.4 Å². The van der Waals surface area contributed by atoms with Crippen LogP contribution in [0.2, 0.25) is 0 Å². The third-order valence-electron chi connectivity index (χ3n) is 1.41. The molecule has 0 atom stereocenters. The van der Waals surface area contributed by atoms with Crippen LogP contribution in [0.3, 0.4) is 0 Å². The smallest absolute Gasteiger partial charge is 0.118 e. The van der Waals surface area contributed by atoms with Crippen LogP contribution < -0.4 is 30.6 Å². The molecule has 0 aromatic carbocycles. The molecule has 0 saturated carbocycles. The number of hydrogen-bond acceptors (Lipinski definition) is 12. The Labute approximate surface area is 196 Å². The molecular formula is C18H30O12W-6. The van der Waals surface area contributed by atoms with Crippen molar-refractivity contribution in [1.29, 1.82) is 0 Å². The Morgan fingerprint density at radius 2 is 0.419 bits per heavy atom. The summed E-state index contributed by atoms with van der Waals surface area (Å²) in [6.45, 7) is -1.65. The molecule has 0 aromatic rings. The molecule has 0 spiro atoms. The molecule has 0 N–H and O–H groups in total. The fraction of sp³-hybridized carbons (Fsp3) is 0.667. The summed E-state index contributed by atoms with van der Waals surface area (Å²) in [4.78, 5) is 55.2. The van der Waals surface area contributed by atoms with Crippen molar-refractivity contribution in [2.75, 3.05) is 39.6 Å². The third-order valence-corrected chi connectivity index (χ3v) is 1.41. The zero-order chi connectivity index (χ0) is 24.7. The Morgan fingerprint density at radius 3 is 0.419 bits per heavy atom. The van der Waals surface area contributed by atoms with Gasteiger partial charge in [0, 0.05) is 21.1 Å². The van der Waals surface area contributed by atoms with E-state index in [4.69, 9.17) is 0 Å². The van der Waals surface area contributed by atoms with Gasteiger partial charge in [0.15, 0.2) is 0 Å². The van der Waals surface area contributed by atoms with Gasteiger partial charge in [0.1, 0.15) is 37.7 Å². The first-order valence-electron chi connectivity index (χ1n) is 8.60. The SMILES string of the molecule is O=CCC[O-].O=CCC[O-].O=CCC[O-].O=CCC[O-].O=CCC[O-].O=CCC[O-].[W]. The van der Waals surface area contributed by atoms with Gasteiger partial charge < -0.3 is 59.4 Å². The molecule has 186 valence electrons. The van der Waals surface area contributed by atoms with Gasteiger partial charge in [0.05, 0.1) is 0 Å². The van der Waals surface area contributed by atoms with Crippen LogP contribution in [0.5, 0.6) is 0 Å². The van der Waals surface area contributed by atoms with Crippen LogP contribution in [0.15, 0.2) is 0 Å². The fourth-order valence-corrected chi connectivity index (χ4v) is 0.289. The van der Waals surface area contributed by atoms with E-state index in [0.29, 0.717) is 37.7 Å². The van der Waals surface area contributed by atoms with Crippen LogP contribution in [0.25, 0.3) is 0 Å². The molecule has 0 aliphatic heterocycles. The van der Waals surface area contributed by atoms with Crippen molar-refractivity contribution in [3.8, 4) is 0 Å². The molecule has 0 unspecified atom stereocenters. The van der Waals surface area contributed by atoms with Gasteiger partial charge in [0.2, 0.25) is 0 Å². The largest absolute Gasteiger partial charge is 0.854 e. The Kier molecular flexibility index (Phi) is 121. The Bertz CT molecular complexity index is 240. The van der Waals surface area contributed by atoms with E-state index in [-0.39, 0.29) is 99.2 Å². The van der Waals surface area contributed by atoms with Crippen LogP contribution in [0, 0.1) is 0 Å². The minimum atomic E-state index is -0.274. The molecule has 0 aliphatic rings. The second-order valence-electron chi connectivity index (χ2n) is 3.96. The average molecular weight is 622 g/mol. The van der Waals surface area contributed by atoms with E-state index in [2.05, 4.69) is 0 Å². The molecule has 0 fully saturated rings. The molecule has 0 aliphatic carbocycles. The second kappa shape index (κ2) is 79.2. The minimum absolute atomic E-state index is 0. The minimum Gasteiger partial charge on any atom is -0.854 e. The van der Waals surface area contributed by atoms with E-state index in [1.165, 1.54) is 0 Å². The Balaban J connectivity index is -0.0000000443. The summed E-state index contributed by atoms with van der Waals surface area (Å²) in [6, 6.07) is 0. The van der Waals surface area contributed by atoms with Crippen molar-refractivity contribution in [2.45, 2.75) is 38.5 Å². The maximum atomic E-state index is 9.30. The fourth-order valence-electron chi connectivity index (χ4n) is 0.289. The molecule has 31 heavy (non-hydrogen) atoms. The Morgan fingerprint density at radius 1 is 0.323 bits per heavy atom. The van der Waals surface area contributed by atoms with Gasteiger partial charge in [-0.15, -0.1) is 39.6 Å². The normalized spacial score (nSPS) is 7.16. The summed E-state index contributed by atoms with van der Waals surface area (Å²) in [5.41, 5.74) is 0. The van der Waals surface area contributed by atoms with Gasteiger partial charge >= 0.3 is 0 Å². The number of aldehydes is 6. The summed E-state index contributed by atoms with van der Waals surface area (Å²) < 4.78 is 0. The predicted molar refractivity (Wildman–Crippen MR) is 93.3 cm³/mol. The number of rotatable bonds is 12. The maximum Gasteiger partial charge on any atom is 0.118 e. The van der Waals surface area contributed by atoms with E-state index >= 15 is 0 Å². The summed E-state index contributed by atoms with van der Waals surface area (Å²) in [7, 11) is 0. The van der Waals surface area contributed by atoms with Gasteiger partial charge in [-0.2, -0.15) is 0 Å². The van der Waals surface area contributed by atoms with Gasteiger partial charge in [-0.05, 0) is 38.5 Å². The van der Waals surface area contributed by atoms with Crippen molar-refractivity contribution in [3.63, 3.8) is 0 Å². The molecule has 0 heterocycles.